The molecule has 1 N–H and O–H groups in total. The number of nitrogens with one attached hydrogen (secondary N) is 1. The van der Waals surface area contributed by atoms with E-state index in [9.17, 15) is 18.0 Å². The van der Waals surface area contributed by atoms with Crippen molar-refractivity contribution in [2.24, 2.45) is 0 Å². The maximum absolute atomic E-state index is 12.9. The molecule has 1 heterocycles. The van der Waals surface area contributed by atoms with E-state index in [1.54, 1.807) is 24.3 Å². The Bertz CT molecular complexity index is 1030. The summed E-state index contributed by atoms with van der Waals surface area (Å²) >= 11 is 6.97. The normalized spacial score (nSPS) is 11.2. The lowest BCUT2D eigenvalue weighted by Crippen LogP contribution is -2.16. The van der Waals surface area contributed by atoms with Crippen LogP contribution in [0.25, 0.3) is 11.3 Å². The van der Waals surface area contributed by atoms with Gasteiger partial charge >= 0.3 is 6.18 Å². The van der Waals surface area contributed by atoms with Gasteiger partial charge in [-0.15, -0.1) is 10.2 Å². The highest BCUT2D eigenvalue weighted by Crippen LogP contribution is 2.35. The molecule has 10 heteroatoms. The molecule has 5 nitrogen and oxygen atoms in total. The number of alkyl halides is 3. The van der Waals surface area contributed by atoms with Crippen LogP contribution in [-0.2, 0) is 11.0 Å². The van der Waals surface area contributed by atoms with E-state index in [-0.39, 0.29) is 17.2 Å². The van der Waals surface area contributed by atoms with Gasteiger partial charge in [-0.3, -0.25) is 4.79 Å². The highest BCUT2D eigenvalue weighted by molar-refractivity contribution is 7.99. The summed E-state index contributed by atoms with van der Waals surface area (Å²) in [5.41, 5.74) is 0.559. The SMILES string of the molecule is COc1ccc(C(F)(F)F)cc1NC(=O)CSc1ccc(-c2ccc(Cl)cc2)nn1. The van der Waals surface area contributed by atoms with Crippen LogP contribution in [0.5, 0.6) is 5.75 Å². The Morgan fingerprint density at radius 2 is 1.83 bits per heavy atom. The molecule has 0 spiro atoms. The Kier molecular flexibility index (Phi) is 6.84. The summed E-state index contributed by atoms with van der Waals surface area (Å²) in [7, 11) is 1.31. The third kappa shape index (κ3) is 5.64. The molecule has 0 fully saturated rings. The smallest absolute Gasteiger partial charge is 0.416 e. The first kappa shape index (κ1) is 21.9. The Labute approximate surface area is 179 Å². The fraction of sp³-hybridized carbons (Fsp3) is 0.150. The number of amides is 1. The van der Waals surface area contributed by atoms with Gasteiger partial charge in [-0.05, 0) is 42.5 Å². The number of rotatable bonds is 6. The summed E-state index contributed by atoms with van der Waals surface area (Å²) in [6.45, 7) is 0. The minimum absolute atomic E-state index is 0.0536. The number of benzene rings is 2. The number of nitrogens with zero attached hydrogens (tertiary/aromatic N) is 2. The fourth-order valence-corrected chi connectivity index (χ4v) is 3.22. The van der Waals surface area contributed by atoms with Gasteiger partial charge in [0.05, 0.1) is 29.8 Å². The molecule has 0 saturated heterocycles. The number of halogens is 4. The van der Waals surface area contributed by atoms with Crippen LogP contribution >= 0.6 is 23.4 Å². The first-order chi connectivity index (χ1) is 14.3. The molecule has 0 aliphatic carbocycles. The summed E-state index contributed by atoms with van der Waals surface area (Å²) in [6.07, 6.45) is -4.53. The molecule has 1 amide bonds. The minimum Gasteiger partial charge on any atom is -0.495 e. The molecule has 0 aliphatic rings. The van der Waals surface area contributed by atoms with E-state index in [1.165, 1.54) is 7.11 Å². The molecule has 0 unspecified atom stereocenters. The number of anilines is 1. The zero-order valence-corrected chi connectivity index (χ0v) is 17.1. The summed E-state index contributed by atoms with van der Waals surface area (Å²) in [6, 6.07) is 13.5. The number of methoxy groups -OCH3 is 1. The van der Waals surface area contributed by atoms with Crippen molar-refractivity contribution in [1.29, 1.82) is 0 Å². The number of hydrogen-bond acceptors (Lipinski definition) is 5. The zero-order valence-electron chi connectivity index (χ0n) is 15.5. The number of hydrogen-bond donors (Lipinski definition) is 1. The maximum Gasteiger partial charge on any atom is 0.416 e. The van der Waals surface area contributed by atoms with Gasteiger partial charge in [-0.2, -0.15) is 13.2 Å². The van der Waals surface area contributed by atoms with E-state index in [0.717, 1.165) is 35.5 Å². The van der Waals surface area contributed by atoms with Crippen LogP contribution in [0.15, 0.2) is 59.6 Å². The monoisotopic (exact) mass is 453 g/mol. The summed E-state index contributed by atoms with van der Waals surface area (Å²) in [5, 5.41) is 11.7. The van der Waals surface area contributed by atoms with Gasteiger partial charge in [0.1, 0.15) is 10.8 Å². The molecule has 0 radical (unpaired) electrons. The van der Waals surface area contributed by atoms with Gasteiger partial charge < -0.3 is 10.1 Å². The maximum atomic E-state index is 12.9. The van der Waals surface area contributed by atoms with Crippen molar-refractivity contribution in [2.75, 3.05) is 18.2 Å². The van der Waals surface area contributed by atoms with Gasteiger partial charge in [-0.1, -0.05) is 35.5 Å². The lowest BCUT2D eigenvalue weighted by atomic mass is 10.1. The Morgan fingerprint density at radius 1 is 1.10 bits per heavy atom. The van der Waals surface area contributed by atoms with Crippen molar-refractivity contribution in [1.82, 2.24) is 10.2 Å². The highest BCUT2D eigenvalue weighted by atomic mass is 35.5. The van der Waals surface area contributed by atoms with E-state index in [1.807, 2.05) is 12.1 Å². The van der Waals surface area contributed by atoms with E-state index in [2.05, 4.69) is 15.5 Å². The average Bonchev–Trinajstić information content (AvgIpc) is 2.72. The second-order valence-electron chi connectivity index (χ2n) is 6.01. The lowest BCUT2D eigenvalue weighted by molar-refractivity contribution is -0.137. The van der Waals surface area contributed by atoms with Crippen LogP contribution < -0.4 is 10.1 Å². The zero-order chi connectivity index (χ0) is 21.7. The fourth-order valence-electron chi connectivity index (χ4n) is 2.48. The lowest BCUT2D eigenvalue weighted by Gasteiger charge is -2.13. The van der Waals surface area contributed by atoms with Crippen molar-refractivity contribution in [3.8, 4) is 17.0 Å². The van der Waals surface area contributed by atoms with Gasteiger partial charge in [0.15, 0.2) is 0 Å². The first-order valence-corrected chi connectivity index (χ1v) is 9.90. The first-order valence-electron chi connectivity index (χ1n) is 8.54. The van der Waals surface area contributed by atoms with E-state index < -0.39 is 17.6 Å². The third-order valence-electron chi connectivity index (χ3n) is 3.93. The molecular weight excluding hydrogens is 439 g/mol. The predicted octanol–water partition coefficient (Wildman–Crippen LogP) is 5.56. The highest BCUT2D eigenvalue weighted by Gasteiger charge is 2.31. The second-order valence-corrected chi connectivity index (χ2v) is 7.45. The number of ether oxygens (including phenoxy) is 1. The summed E-state index contributed by atoms with van der Waals surface area (Å²) in [4.78, 5) is 12.2. The van der Waals surface area contributed by atoms with Crippen LogP contribution in [0.2, 0.25) is 5.02 Å². The molecule has 0 bridgehead atoms. The molecule has 30 heavy (non-hydrogen) atoms. The average molecular weight is 454 g/mol. The number of aromatic nitrogens is 2. The van der Waals surface area contributed by atoms with Gasteiger partial charge in [0.25, 0.3) is 0 Å². The quantitative estimate of drug-likeness (QED) is 0.495. The van der Waals surface area contributed by atoms with Crippen molar-refractivity contribution in [3.63, 3.8) is 0 Å². The summed E-state index contributed by atoms with van der Waals surface area (Å²) < 4.78 is 43.7. The van der Waals surface area contributed by atoms with Crippen molar-refractivity contribution < 1.29 is 22.7 Å². The van der Waals surface area contributed by atoms with E-state index >= 15 is 0 Å². The van der Waals surface area contributed by atoms with Gasteiger partial charge in [-0.25, -0.2) is 0 Å². The topological polar surface area (TPSA) is 64.1 Å². The largest absolute Gasteiger partial charge is 0.495 e. The standard InChI is InChI=1S/C20H15ClF3N3O2S/c1-29-17-8-4-13(20(22,23)24)10-16(17)25-18(28)11-30-19-9-7-15(26-27-19)12-2-5-14(21)6-3-12/h2-10H,11H2,1H3,(H,25,28). The minimum atomic E-state index is -4.53. The molecule has 3 aromatic rings. The van der Waals surface area contributed by atoms with Gasteiger partial charge in [0.2, 0.25) is 5.91 Å². The second kappa shape index (κ2) is 9.36. The van der Waals surface area contributed by atoms with Gasteiger partial charge in [0, 0.05) is 10.6 Å². The molecule has 1 aromatic heterocycles. The Balaban J connectivity index is 1.63. The van der Waals surface area contributed by atoms with E-state index in [0.29, 0.717) is 15.7 Å². The third-order valence-corrected chi connectivity index (χ3v) is 5.10. The van der Waals surface area contributed by atoms with Crippen LogP contribution in [0, 0.1) is 0 Å². The molecule has 0 aliphatic heterocycles. The molecule has 0 saturated carbocycles. The van der Waals surface area contributed by atoms with E-state index in [4.69, 9.17) is 16.3 Å². The van der Waals surface area contributed by atoms with Crippen LogP contribution in [0.3, 0.4) is 0 Å². The molecule has 2 aromatic carbocycles. The Hall–Kier alpha value is -2.78. The number of carbonyl (C=O) groups is 1. The van der Waals surface area contributed by atoms with Crippen molar-refractivity contribution in [2.45, 2.75) is 11.2 Å². The van der Waals surface area contributed by atoms with Crippen molar-refractivity contribution in [3.05, 3.63) is 65.2 Å². The van der Waals surface area contributed by atoms with Crippen LogP contribution in [-0.4, -0.2) is 29.0 Å². The van der Waals surface area contributed by atoms with Crippen LogP contribution in [0.4, 0.5) is 18.9 Å². The molecule has 156 valence electrons. The number of thioether (sulfide) groups is 1. The predicted molar refractivity (Wildman–Crippen MR) is 110 cm³/mol. The summed E-state index contributed by atoms with van der Waals surface area (Å²) in [5.74, 6) is -0.427. The van der Waals surface area contributed by atoms with Crippen molar-refractivity contribution >= 4 is 35.0 Å². The molecule has 3 rings (SSSR count). The molecule has 0 atom stereocenters. The molecular formula is C20H15ClF3N3O2S. The Morgan fingerprint density at radius 3 is 2.43 bits per heavy atom. The number of carbonyl (C=O) groups excluding carboxylic acids is 1. The van der Waals surface area contributed by atoms with Crippen LogP contribution in [0.1, 0.15) is 5.56 Å².